The summed E-state index contributed by atoms with van der Waals surface area (Å²) >= 11 is 0. The van der Waals surface area contributed by atoms with Gasteiger partial charge in [0.25, 0.3) is 0 Å². The van der Waals surface area contributed by atoms with E-state index in [1.165, 1.54) is 41.5 Å². The number of carbonyl (C=O) groups excluding carboxylic acids is 6. The molecule has 0 unspecified atom stereocenters. The van der Waals surface area contributed by atoms with Crippen molar-refractivity contribution >= 4 is 35.3 Å². The van der Waals surface area contributed by atoms with Crippen molar-refractivity contribution in [2.45, 2.75) is 41.5 Å². The maximum Gasteiger partial charge on any atom is 3.00 e. The molecule has 0 radical (unpaired) electrons. The standard InChI is InChI=1S/3C5H8O3.Au/c3*1-3(2)4(6)5(7)8;/h3*3H,1-2H3,(H,7,8);/q;;;+3/p-3. The van der Waals surface area contributed by atoms with Crippen LogP contribution in [0.4, 0.5) is 0 Å². The van der Waals surface area contributed by atoms with Gasteiger partial charge >= 0.3 is 22.4 Å². The molecule has 0 bridgehead atoms. The zero-order valence-corrected chi connectivity index (χ0v) is 16.9. The summed E-state index contributed by atoms with van der Waals surface area (Å²) < 4.78 is 0. The molecule has 0 rings (SSSR count). The maximum absolute atomic E-state index is 10.2. The summed E-state index contributed by atoms with van der Waals surface area (Å²) in [5, 5.41) is 29.0. The Bertz CT molecular complexity index is 422. The molecule has 146 valence electrons. The SMILES string of the molecule is CC(C)C(=O)C(=O)[O-].CC(C)C(=O)C(=O)[O-].CC(C)C(=O)C(=O)[O-].[Au+3]. The van der Waals surface area contributed by atoms with Crippen molar-refractivity contribution in [3.63, 3.8) is 0 Å². The predicted octanol–water partition coefficient (Wildman–Crippen LogP) is -3.12. The number of hydrogen-bond acceptors (Lipinski definition) is 9. The third-order valence-electron chi connectivity index (χ3n) is 2.18. The van der Waals surface area contributed by atoms with Crippen LogP contribution in [-0.4, -0.2) is 35.3 Å². The molecule has 0 spiro atoms. The van der Waals surface area contributed by atoms with E-state index in [1.807, 2.05) is 0 Å². The number of hydrogen-bond donors (Lipinski definition) is 0. The summed E-state index contributed by atoms with van der Waals surface area (Å²) in [6.45, 7) is 9.07. The quantitative estimate of drug-likeness (QED) is 0.249. The molecule has 0 heterocycles. The first-order valence-corrected chi connectivity index (χ1v) is 6.92. The van der Waals surface area contributed by atoms with Gasteiger partial charge in [-0.25, -0.2) is 0 Å². The fourth-order valence-electron chi connectivity index (χ4n) is 0.707. The Morgan fingerprint density at radius 2 is 0.600 bits per heavy atom. The van der Waals surface area contributed by atoms with Gasteiger partial charge in [-0.15, -0.1) is 0 Å². The molecule has 0 atom stereocenters. The molecule has 0 amide bonds. The van der Waals surface area contributed by atoms with E-state index in [2.05, 4.69) is 0 Å². The largest absolute Gasteiger partial charge is 3.00 e. The molecule has 0 aromatic rings. The molecule has 0 N–H and O–H groups in total. The van der Waals surface area contributed by atoms with Crippen LogP contribution in [0.1, 0.15) is 41.5 Å². The maximum atomic E-state index is 10.2. The third kappa shape index (κ3) is 18.3. The van der Waals surface area contributed by atoms with Crippen LogP contribution in [0.25, 0.3) is 0 Å². The van der Waals surface area contributed by atoms with Gasteiger partial charge in [0.2, 0.25) is 0 Å². The van der Waals surface area contributed by atoms with E-state index >= 15 is 0 Å². The number of aliphatic carboxylic acids is 3. The monoisotopic (exact) mass is 542 g/mol. The van der Waals surface area contributed by atoms with Crippen molar-refractivity contribution in [1.29, 1.82) is 0 Å². The summed E-state index contributed by atoms with van der Waals surface area (Å²) in [4.78, 5) is 59.6. The first-order chi connectivity index (χ1) is 10.7. The average Bonchev–Trinajstić information content (AvgIpc) is 2.45. The topological polar surface area (TPSA) is 172 Å². The second-order valence-corrected chi connectivity index (χ2v) is 5.42. The molecule has 25 heavy (non-hydrogen) atoms. The Balaban J connectivity index is -0.000000130. The van der Waals surface area contributed by atoms with E-state index in [4.69, 9.17) is 0 Å². The number of ketones is 3. The van der Waals surface area contributed by atoms with E-state index in [0.29, 0.717) is 0 Å². The number of carboxylic acid groups (broad SMARTS) is 3. The fraction of sp³-hybridized carbons (Fsp3) is 0.600. The molecule has 0 aromatic heterocycles. The van der Waals surface area contributed by atoms with Gasteiger partial charge in [-0.3, -0.25) is 14.4 Å². The molecular weight excluding hydrogens is 521 g/mol. The number of carboxylic acids is 3. The van der Waals surface area contributed by atoms with Crippen LogP contribution in [-0.2, 0) is 51.1 Å². The van der Waals surface area contributed by atoms with Crippen molar-refractivity contribution < 1.29 is 66.5 Å². The minimum atomic E-state index is -1.60. The van der Waals surface area contributed by atoms with Crippen LogP contribution in [0, 0.1) is 17.8 Å². The fourth-order valence-corrected chi connectivity index (χ4v) is 0.707. The van der Waals surface area contributed by atoms with E-state index < -0.39 is 53.0 Å². The summed E-state index contributed by atoms with van der Waals surface area (Å²) in [5.74, 6) is -8.69. The zero-order chi connectivity index (χ0) is 20.2. The number of rotatable bonds is 6. The van der Waals surface area contributed by atoms with Gasteiger partial charge in [-0.1, -0.05) is 41.5 Å². The van der Waals surface area contributed by atoms with Crippen molar-refractivity contribution in [1.82, 2.24) is 0 Å². The van der Waals surface area contributed by atoms with Crippen molar-refractivity contribution in [2.75, 3.05) is 0 Å². The van der Waals surface area contributed by atoms with Crippen LogP contribution >= 0.6 is 0 Å². The van der Waals surface area contributed by atoms with Gasteiger partial charge in [-0.05, 0) is 0 Å². The Morgan fingerprint density at radius 3 is 0.600 bits per heavy atom. The summed E-state index contributed by atoms with van der Waals surface area (Å²) in [5.41, 5.74) is 0. The van der Waals surface area contributed by atoms with Crippen LogP contribution in [0.5, 0.6) is 0 Å². The Hall–Kier alpha value is -1.84. The van der Waals surface area contributed by atoms with Gasteiger partial charge in [0.05, 0.1) is 0 Å². The van der Waals surface area contributed by atoms with Crippen molar-refractivity contribution in [2.24, 2.45) is 17.8 Å². The van der Waals surface area contributed by atoms with Gasteiger partial charge in [-0.2, -0.15) is 0 Å². The second kappa shape index (κ2) is 15.7. The first-order valence-electron chi connectivity index (χ1n) is 6.92. The minimum absolute atomic E-state index is 0. The average molecular weight is 542 g/mol. The van der Waals surface area contributed by atoms with Gasteiger partial charge in [0.15, 0.2) is 17.3 Å². The molecule has 0 aliphatic heterocycles. The minimum Gasteiger partial charge on any atom is -0.542 e. The van der Waals surface area contributed by atoms with E-state index in [-0.39, 0.29) is 22.4 Å². The summed E-state index contributed by atoms with van der Waals surface area (Å²) in [7, 11) is 0. The molecule has 0 saturated carbocycles. The number of Topliss-reactive ketones (excluding diaryl/α,β-unsaturated/α-hetero) is 3. The molecule has 0 aliphatic carbocycles. The van der Waals surface area contributed by atoms with Crippen molar-refractivity contribution in [3.05, 3.63) is 0 Å². The summed E-state index contributed by atoms with van der Waals surface area (Å²) in [6, 6.07) is 0. The van der Waals surface area contributed by atoms with Gasteiger partial charge in [0, 0.05) is 17.8 Å². The predicted molar refractivity (Wildman–Crippen MR) is 74.6 cm³/mol. The molecule has 9 nitrogen and oxygen atoms in total. The molecule has 0 aromatic carbocycles. The summed E-state index contributed by atoms with van der Waals surface area (Å²) in [6.07, 6.45) is 0. The third-order valence-corrected chi connectivity index (χ3v) is 2.18. The van der Waals surface area contributed by atoms with E-state index in [1.54, 1.807) is 0 Å². The first kappa shape index (κ1) is 31.0. The molecule has 0 saturated heterocycles. The molecular formula is C15H21AuO9. The molecule has 0 fully saturated rings. The molecule has 0 aliphatic rings. The van der Waals surface area contributed by atoms with Crippen LogP contribution in [0.2, 0.25) is 0 Å². The number of carbonyl (C=O) groups is 6. The second-order valence-electron chi connectivity index (χ2n) is 5.42. The normalized spacial score (nSPS) is 9.00. The smallest absolute Gasteiger partial charge is 0.542 e. The Labute approximate surface area is 161 Å². The van der Waals surface area contributed by atoms with E-state index in [9.17, 15) is 44.1 Å². The van der Waals surface area contributed by atoms with E-state index in [0.717, 1.165) is 0 Å². The van der Waals surface area contributed by atoms with Gasteiger partial charge < -0.3 is 29.7 Å². The van der Waals surface area contributed by atoms with Crippen LogP contribution in [0.15, 0.2) is 0 Å². The Morgan fingerprint density at radius 1 is 0.480 bits per heavy atom. The zero-order valence-electron chi connectivity index (χ0n) is 14.7. The van der Waals surface area contributed by atoms with Crippen LogP contribution in [0.3, 0.4) is 0 Å². The molecule has 10 heteroatoms. The Kier molecular flexibility index (Phi) is 19.4. The van der Waals surface area contributed by atoms with Crippen molar-refractivity contribution in [3.8, 4) is 0 Å². The van der Waals surface area contributed by atoms with Gasteiger partial charge in [0.1, 0.15) is 17.9 Å². The van der Waals surface area contributed by atoms with Crippen LogP contribution < -0.4 is 15.3 Å².